The number of nitro groups is 2. The second kappa shape index (κ2) is 14.6. The van der Waals surface area contributed by atoms with E-state index in [1.807, 2.05) is 0 Å². The molecule has 0 heterocycles. The van der Waals surface area contributed by atoms with E-state index in [2.05, 4.69) is 21.3 Å². The Hall–Kier alpha value is -4.55. The summed E-state index contributed by atoms with van der Waals surface area (Å²) >= 11 is 0. The summed E-state index contributed by atoms with van der Waals surface area (Å²) in [5.74, 6) is -4.35. The number of amides is 3. The summed E-state index contributed by atoms with van der Waals surface area (Å²) in [6.45, 7) is -0.713. The highest BCUT2D eigenvalue weighted by atomic mass is 19.4. The van der Waals surface area contributed by atoms with Crippen LogP contribution in [0.25, 0.3) is 0 Å². The molecule has 0 aromatic heterocycles. The molecular weight excluding hydrogens is 491 g/mol. The number of rotatable bonds is 11. The Balaban J connectivity index is 0.00000143. The molecule has 1 rings (SSSR count). The lowest BCUT2D eigenvalue weighted by molar-refractivity contribution is -0.393. The number of nitrogens with one attached hydrogen (secondary N) is 4. The average Bonchev–Trinajstić information content (AvgIpc) is 2.78. The fourth-order valence-electron chi connectivity index (χ4n) is 1.89. The van der Waals surface area contributed by atoms with Crippen molar-refractivity contribution in [3.05, 3.63) is 38.4 Å². The number of hydrogen-bond acceptors (Lipinski definition) is 10. The van der Waals surface area contributed by atoms with Crippen molar-refractivity contribution in [2.75, 3.05) is 38.0 Å². The van der Waals surface area contributed by atoms with Crippen molar-refractivity contribution in [2.24, 2.45) is 5.73 Å². The topological polar surface area (TPSA) is 249 Å². The van der Waals surface area contributed by atoms with Crippen molar-refractivity contribution >= 4 is 40.8 Å². The minimum absolute atomic E-state index is 0.0637. The van der Waals surface area contributed by atoms with E-state index in [9.17, 15) is 47.8 Å². The van der Waals surface area contributed by atoms with Crippen LogP contribution in [-0.4, -0.2) is 77.5 Å². The summed E-state index contributed by atoms with van der Waals surface area (Å²) in [6.07, 6.45) is -5.08. The van der Waals surface area contributed by atoms with Gasteiger partial charge in [0.1, 0.15) is 5.69 Å². The van der Waals surface area contributed by atoms with E-state index in [0.29, 0.717) is 0 Å². The minimum atomic E-state index is -5.08. The zero-order valence-corrected chi connectivity index (χ0v) is 17.6. The molecule has 1 aromatic carbocycles. The standard InChI is InChI=1S/C14H19N7O7.C2HF3O2/c15-6-12(22)18-8-14(24)19-7-13(23)17-4-3-16-10-2-1-9(20(25)26)5-11(10)21(27)28;3-2(4,5)1(6)7/h1-2,5,16H,3-4,6-8,15H2,(H,17,23)(H,18,22)(H,19,24);(H,6,7). The molecule has 0 radical (unpaired) electrons. The number of carboxylic acid groups (broad SMARTS) is 1. The molecule has 0 aliphatic rings. The maximum absolute atomic E-state index is 11.6. The summed E-state index contributed by atoms with van der Waals surface area (Å²) in [5.41, 5.74) is 4.24. The predicted molar refractivity (Wildman–Crippen MR) is 110 cm³/mol. The normalized spacial score (nSPS) is 10.2. The van der Waals surface area contributed by atoms with E-state index in [0.717, 1.165) is 12.1 Å². The Morgan fingerprint density at radius 3 is 1.89 bits per heavy atom. The lowest BCUT2D eigenvalue weighted by Gasteiger charge is -2.09. The summed E-state index contributed by atoms with van der Waals surface area (Å²) < 4.78 is 31.7. The number of carbonyl (C=O) groups is 4. The maximum Gasteiger partial charge on any atom is 0.490 e. The number of aliphatic carboxylic acids is 1. The van der Waals surface area contributed by atoms with Gasteiger partial charge in [-0.1, -0.05) is 0 Å². The quantitative estimate of drug-likeness (QED) is 0.118. The van der Waals surface area contributed by atoms with Crippen molar-refractivity contribution in [2.45, 2.75) is 6.18 Å². The van der Waals surface area contributed by atoms with Crippen LogP contribution >= 0.6 is 0 Å². The molecule has 0 spiro atoms. The Morgan fingerprint density at radius 1 is 0.914 bits per heavy atom. The Bertz CT molecular complexity index is 957. The van der Waals surface area contributed by atoms with E-state index < -0.39 is 51.1 Å². The molecule has 0 bridgehead atoms. The third-order valence-corrected chi connectivity index (χ3v) is 3.47. The number of non-ortho nitro benzene ring substituents is 1. The Morgan fingerprint density at radius 2 is 1.43 bits per heavy atom. The van der Waals surface area contributed by atoms with Crippen LogP contribution in [0.5, 0.6) is 0 Å². The molecule has 0 unspecified atom stereocenters. The van der Waals surface area contributed by atoms with Crippen LogP contribution in [0.1, 0.15) is 0 Å². The van der Waals surface area contributed by atoms with Crippen molar-refractivity contribution in [3.8, 4) is 0 Å². The average molecular weight is 511 g/mol. The fourth-order valence-corrected chi connectivity index (χ4v) is 1.89. The molecule has 7 N–H and O–H groups in total. The summed E-state index contributed by atoms with van der Waals surface area (Å²) in [6, 6.07) is 3.15. The minimum Gasteiger partial charge on any atom is -0.475 e. The van der Waals surface area contributed by atoms with Crippen molar-refractivity contribution in [3.63, 3.8) is 0 Å². The number of alkyl halides is 3. The van der Waals surface area contributed by atoms with Gasteiger partial charge in [-0.15, -0.1) is 0 Å². The predicted octanol–water partition coefficient (Wildman–Crippen LogP) is -1.14. The Kier molecular flexibility index (Phi) is 12.7. The maximum atomic E-state index is 11.6. The van der Waals surface area contributed by atoms with E-state index in [1.165, 1.54) is 6.07 Å². The molecule has 0 aliphatic carbocycles. The van der Waals surface area contributed by atoms with E-state index >= 15 is 0 Å². The highest BCUT2D eigenvalue weighted by molar-refractivity contribution is 5.88. The van der Waals surface area contributed by atoms with E-state index in [-0.39, 0.29) is 38.4 Å². The second-order valence-corrected chi connectivity index (χ2v) is 6.05. The lowest BCUT2D eigenvalue weighted by atomic mass is 10.2. The fraction of sp³-hybridized carbons (Fsp3) is 0.375. The van der Waals surface area contributed by atoms with Gasteiger partial charge in [-0.05, 0) is 6.07 Å². The van der Waals surface area contributed by atoms with Gasteiger partial charge in [-0.2, -0.15) is 13.2 Å². The lowest BCUT2D eigenvalue weighted by Crippen LogP contribution is -2.43. The highest BCUT2D eigenvalue weighted by Gasteiger charge is 2.38. The number of nitrogens with two attached hydrogens (primary N) is 1. The molecule has 0 fully saturated rings. The number of nitrogens with zero attached hydrogens (tertiary/aromatic N) is 2. The van der Waals surface area contributed by atoms with Gasteiger partial charge in [0.2, 0.25) is 17.7 Å². The number of anilines is 1. The van der Waals surface area contributed by atoms with Crippen molar-refractivity contribution in [1.29, 1.82) is 0 Å². The van der Waals surface area contributed by atoms with E-state index in [1.54, 1.807) is 0 Å². The first-order valence-corrected chi connectivity index (χ1v) is 9.16. The van der Waals surface area contributed by atoms with Crippen LogP contribution in [0.2, 0.25) is 0 Å². The monoisotopic (exact) mass is 511 g/mol. The van der Waals surface area contributed by atoms with Gasteiger partial charge < -0.3 is 32.1 Å². The molecule has 3 amide bonds. The van der Waals surface area contributed by atoms with Gasteiger partial charge in [0.05, 0.1) is 35.5 Å². The van der Waals surface area contributed by atoms with Crippen LogP contribution in [0.4, 0.5) is 30.2 Å². The van der Waals surface area contributed by atoms with Crippen LogP contribution < -0.4 is 27.0 Å². The summed E-state index contributed by atoms with van der Waals surface area (Å²) in [7, 11) is 0. The molecule has 19 heteroatoms. The number of halogens is 3. The zero-order valence-electron chi connectivity index (χ0n) is 17.6. The number of carbonyl (C=O) groups excluding carboxylic acids is 3. The largest absolute Gasteiger partial charge is 0.490 e. The molecular formula is C16H20F3N7O9. The van der Waals surface area contributed by atoms with Gasteiger partial charge in [-0.3, -0.25) is 34.6 Å². The molecule has 194 valence electrons. The number of benzene rings is 1. The van der Waals surface area contributed by atoms with Gasteiger partial charge in [0.15, 0.2) is 0 Å². The molecule has 35 heavy (non-hydrogen) atoms. The molecule has 1 aromatic rings. The second-order valence-electron chi connectivity index (χ2n) is 6.05. The molecule has 16 nitrogen and oxygen atoms in total. The van der Waals surface area contributed by atoms with Crippen LogP contribution in [0.3, 0.4) is 0 Å². The van der Waals surface area contributed by atoms with Gasteiger partial charge in [0, 0.05) is 19.2 Å². The Labute approximate surface area is 193 Å². The number of carboxylic acids is 1. The van der Waals surface area contributed by atoms with E-state index in [4.69, 9.17) is 15.6 Å². The first-order chi connectivity index (χ1) is 16.2. The third kappa shape index (κ3) is 12.9. The highest BCUT2D eigenvalue weighted by Crippen LogP contribution is 2.28. The van der Waals surface area contributed by atoms with Crippen LogP contribution in [-0.2, 0) is 19.2 Å². The van der Waals surface area contributed by atoms with Crippen LogP contribution in [0.15, 0.2) is 18.2 Å². The first-order valence-electron chi connectivity index (χ1n) is 9.16. The van der Waals surface area contributed by atoms with Gasteiger partial charge in [0.25, 0.3) is 11.4 Å². The molecule has 0 saturated heterocycles. The zero-order chi connectivity index (χ0) is 27.2. The van der Waals surface area contributed by atoms with Gasteiger partial charge >= 0.3 is 12.1 Å². The smallest absolute Gasteiger partial charge is 0.475 e. The molecule has 0 aliphatic heterocycles. The summed E-state index contributed by atoms with van der Waals surface area (Å²) in [5, 5.41) is 38.5. The summed E-state index contributed by atoms with van der Waals surface area (Å²) in [4.78, 5) is 63.0. The first kappa shape index (κ1) is 30.4. The van der Waals surface area contributed by atoms with Gasteiger partial charge in [-0.25, -0.2) is 4.79 Å². The number of nitro benzene ring substituents is 2. The van der Waals surface area contributed by atoms with Crippen molar-refractivity contribution < 1.29 is 47.3 Å². The number of hydrogen-bond donors (Lipinski definition) is 6. The third-order valence-electron chi connectivity index (χ3n) is 3.47. The van der Waals surface area contributed by atoms with Crippen molar-refractivity contribution in [1.82, 2.24) is 16.0 Å². The molecule has 0 atom stereocenters. The SMILES string of the molecule is NCC(=O)NCC(=O)NCC(=O)NCCNc1ccc([N+](=O)[O-])cc1[N+](=O)[O-].O=C(O)C(F)(F)F. The van der Waals surface area contributed by atoms with Crippen LogP contribution in [0, 0.1) is 20.2 Å². The molecule has 0 saturated carbocycles.